The van der Waals surface area contributed by atoms with Crippen molar-refractivity contribution in [1.29, 1.82) is 0 Å². The monoisotopic (exact) mass is 317 g/mol. The first-order chi connectivity index (χ1) is 9.21. The third-order valence-corrected chi connectivity index (χ3v) is 3.86. The predicted molar refractivity (Wildman–Crippen MR) is 78.8 cm³/mol. The van der Waals surface area contributed by atoms with Crippen LogP contribution in [0.2, 0.25) is 5.02 Å². The molecule has 0 amide bonds. The van der Waals surface area contributed by atoms with Gasteiger partial charge in [0, 0.05) is 10.4 Å². The Hall–Kier alpha value is -1.37. The summed E-state index contributed by atoms with van der Waals surface area (Å²) in [6.07, 6.45) is 1.37. The molecule has 1 aromatic carbocycles. The summed E-state index contributed by atoms with van der Waals surface area (Å²) in [5.41, 5.74) is 0.649. The van der Waals surface area contributed by atoms with Crippen molar-refractivity contribution in [1.82, 2.24) is 4.72 Å². The summed E-state index contributed by atoms with van der Waals surface area (Å²) >= 11 is 5.72. The Balaban J connectivity index is 2.84. The first-order valence-electron chi connectivity index (χ1n) is 5.90. The molecule has 110 valence electrons. The van der Waals surface area contributed by atoms with Crippen LogP contribution in [0.5, 0.6) is 0 Å². The summed E-state index contributed by atoms with van der Waals surface area (Å²) in [7, 11) is -3.82. The Morgan fingerprint density at radius 2 is 1.85 bits per heavy atom. The molecule has 1 unspecified atom stereocenters. The van der Waals surface area contributed by atoms with Crippen molar-refractivity contribution in [2.45, 2.75) is 19.9 Å². The highest BCUT2D eigenvalue weighted by Crippen LogP contribution is 2.11. The predicted octanol–water partition coefficient (Wildman–Crippen LogP) is 2.34. The van der Waals surface area contributed by atoms with Crippen molar-refractivity contribution >= 4 is 33.7 Å². The smallest absolute Gasteiger partial charge is 0.322 e. The van der Waals surface area contributed by atoms with E-state index in [1.54, 1.807) is 38.1 Å². The summed E-state index contributed by atoms with van der Waals surface area (Å²) < 4.78 is 25.7. The van der Waals surface area contributed by atoms with Gasteiger partial charge >= 0.3 is 5.97 Å². The number of hydrogen-bond acceptors (Lipinski definition) is 3. The first-order valence-corrected chi connectivity index (χ1v) is 7.82. The van der Waals surface area contributed by atoms with Crippen LogP contribution in [0.15, 0.2) is 29.7 Å². The first kappa shape index (κ1) is 16.7. The van der Waals surface area contributed by atoms with E-state index in [4.69, 9.17) is 16.7 Å². The molecule has 0 radical (unpaired) electrons. The van der Waals surface area contributed by atoms with Gasteiger partial charge in [-0.15, -0.1) is 0 Å². The minimum atomic E-state index is -3.82. The van der Waals surface area contributed by atoms with E-state index in [-0.39, 0.29) is 5.92 Å². The normalized spacial score (nSPS) is 13.8. The maximum Gasteiger partial charge on any atom is 0.322 e. The van der Waals surface area contributed by atoms with E-state index in [0.717, 1.165) is 5.41 Å². The fourth-order valence-electron chi connectivity index (χ4n) is 1.43. The Kier molecular flexibility index (Phi) is 5.74. The van der Waals surface area contributed by atoms with Gasteiger partial charge in [0.2, 0.25) is 10.0 Å². The van der Waals surface area contributed by atoms with Crippen LogP contribution in [-0.2, 0) is 14.8 Å². The minimum Gasteiger partial charge on any atom is -0.480 e. The van der Waals surface area contributed by atoms with Crippen LogP contribution in [0.4, 0.5) is 0 Å². The lowest BCUT2D eigenvalue weighted by molar-refractivity contribution is -0.140. The lowest BCUT2D eigenvalue weighted by Crippen LogP contribution is -2.43. The number of sulfonamides is 1. The van der Waals surface area contributed by atoms with Crippen LogP contribution in [0.3, 0.4) is 0 Å². The van der Waals surface area contributed by atoms with E-state index in [2.05, 4.69) is 4.72 Å². The second kappa shape index (κ2) is 6.88. The van der Waals surface area contributed by atoms with Crippen LogP contribution in [0, 0.1) is 5.92 Å². The molecule has 0 aliphatic heterocycles. The van der Waals surface area contributed by atoms with Crippen LogP contribution >= 0.6 is 11.6 Å². The van der Waals surface area contributed by atoms with E-state index >= 15 is 0 Å². The van der Waals surface area contributed by atoms with Gasteiger partial charge < -0.3 is 5.11 Å². The van der Waals surface area contributed by atoms with Crippen molar-refractivity contribution in [2.75, 3.05) is 0 Å². The molecule has 0 heterocycles. The number of aliphatic carboxylic acids is 1. The van der Waals surface area contributed by atoms with Gasteiger partial charge in [-0.05, 0) is 29.7 Å². The number of hydrogen-bond donors (Lipinski definition) is 2. The number of rotatable bonds is 6. The number of halogens is 1. The zero-order valence-corrected chi connectivity index (χ0v) is 12.6. The van der Waals surface area contributed by atoms with Gasteiger partial charge in [0.25, 0.3) is 0 Å². The molecule has 7 heteroatoms. The molecule has 0 aliphatic carbocycles. The third-order valence-electron chi connectivity index (χ3n) is 2.53. The summed E-state index contributed by atoms with van der Waals surface area (Å²) in [4.78, 5) is 11.0. The summed E-state index contributed by atoms with van der Waals surface area (Å²) in [5, 5.41) is 10.4. The van der Waals surface area contributed by atoms with Crippen molar-refractivity contribution in [3.63, 3.8) is 0 Å². The molecule has 1 rings (SSSR count). The van der Waals surface area contributed by atoms with E-state index in [1.165, 1.54) is 6.08 Å². The number of carboxylic acids is 1. The molecule has 0 spiro atoms. The average molecular weight is 318 g/mol. The molecule has 0 fully saturated rings. The van der Waals surface area contributed by atoms with Gasteiger partial charge in [0.05, 0.1) is 0 Å². The number of carboxylic acid groups (broad SMARTS) is 1. The molecular formula is C13H16ClNO4S. The van der Waals surface area contributed by atoms with Crippen LogP contribution < -0.4 is 4.72 Å². The van der Waals surface area contributed by atoms with Gasteiger partial charge in [-0.1, -0.05) is 37.6 Å². The number of nitrogens with one attached hydrogen (secondary N) is 1. The third kappa shape index (κ3) is 5.32. The molecule has 0 bridgehead atoms. The van der Waals surface area contributed by atoms with Gasteiger partial charge in [-0.2, -0.15) is 4.72 Å². The van der Waals surface area contributed by atoms with E-state index in [1.807, 2.05) is 0 Å². The Bertz CT molecular complexity index is 593. The summed E-state index contributed by atoms with van der Waals surface area (Å²) in [5.74, 6) is -1.56. The average Bonchev–Trinajstić information content (AvgIpc) is 2.35. The highest BCUT2D eigenvalue weighted by Gasteiger charge is 2.25. The Morgan fingerprint density at radius 3 is 2.30 bits per heavy atom. The van der Waals surface area contributed by atoms with E-state index in [0.29, 0.717) is 10.6 Å². The minimum absolute atomic E-state index is 0.355. The topological polar surface area (TPSA) is 83.5 Å². The highest BCUT2D eigenvalue weighted by molar-refractivity contribution is 7.92. The van der Waals surface area contributed by atoms with Gasteiger partial charge in [0.15, 0.2) is 0 Å². The van der Waals surface area contributed by atoms with Crippen molar-refractivity contribution in [3.05, 3.63) is 40.3 Å². The van der Waals surface area contributed by atoms with Gasteiger partial charge in [-0.25, -0.2) is 8.42 Å². The molecule has 0 aliphatic rings. The van der Waals surface area contributed by atoms with E-state index in [9.17, 15) is 13.2 Å². The summed E-state index contributed by atoms with van der Waals surface area (Å²) in [6, 6.07) is 5.43. The quantitative estimate of drug-likeness (QED) is 0.843. The SMILES string of the molecule is CC(C)C(NS(=O)(=O)/C=C/c1ccc(Cl)cc1)C(=O)O. The fraction of sp³-hybridized carbons (Fsp3) is 0.308. The maximum atomic E-state index is 11.8. The van der Waals surface area contributed by atoms with Crippen molar-refractivity contribution in [3.8, 4) is 0 Å². The fourth-order valence-corrected chi connectivity index (χ4v) is 2.70. The molecule has 1 aromatic rings. The van der Waals surface area contributed by atoms with E-state index < -0.39 is 22.0 Å². The van der Waals surface area contributed by atoms with Crippen molar-refractivity contribution < 1.29 is 18.3 Å². The second-order valence-corrected chi connectivity index (χ2v) is 6.61. The van der Waals surface area contributed by atoms with Crippen molar-refractivity contribution in [2.24, 2.45) is 5.92 Å². The summed E-state index contributed by atoms with van der Waals surface area (Å²) in [6.45, 7) is 3.26. The standard InChI is InChI=1S/C13H16ClNO4S/c1-9(2)12(13(16)17)15-20(18,19)8-7-10-3-5-11(14)6-4-10/h3-9,12,15H,1-2H3,(H,16,17)/b8-7+. The lowest BCUT2D eigenvalue weighted by Gasteiger charge is -2.16. The molecule has 2 N–H and O–H groups in total. The second-order valence-electron chi connectivity index (χ2n) is 4.58. The number of carbonyl (C=O) groups is 1. The molecule has 20 heavy (non-hydrogen) atoms. The van der Waals surface area contributed by atoms with Crippen LogP contribution in [-0.4, -0.2) is 25.5 Å². The molecule has 1 atom stereocenters. The van der Waals surface area contributed by atoms with Gasteiger partial charge in [0.1, 0.15) is 6.04 Å². The highest BCUT2D eigenvalue weighted by atomic mass is 35.5. The zero-order chi connectivity index (χ0) is 15.3. The molecule has 5 nitrogen and oxygen atoms in total. The Morgan fingerprint density at radius 1 is 1.30 bits per heavy atom. The molecule has 0 aromatic heterocycles. The largest absolute Gasteiger partial charge is 0.480 e. The molecule has 0 saturated carbocycles. The van der Waals surface area contributed by atoms with Crippen LogP contribution in [0.25, 0.3) is 6.08 Å². The molecular weight excluding hydrogens is 302 g/mol. The number of benzene rings is 1. The lowest BCUT2D eigenvalue weighted by atomic mass is 10.1. The van der Waals surface area contributed by atoms with Gasteiger partial charge in [-0.3, -0.25) is 4.79 Å². The maximum absolute atomic E-state index is 11.8. The van der Waals surface area contributed by atoms with Crippen LogP contribution in [0.1, 0.15) is 19.4 Å². The Labute approximate surface area is 123 Å². The molecule has 0 saturated heterocycles. The zero-order valence-electron chi connectivity index (χ0n) is 11.1.